The Morgan fingerprint density at radius 1 is 0.654 bits per heavy atom. The Balaban J connectivity index is 0.000000154. The van der Waals surface area contributed by atoms with E-state index < -0.39 is 0 Å². The highest BCUT2D eigenvalue weighted by Gasteiger charge is 2.51. The van der Waals surface area contributed by atoms with Crippen molar-refractivity contribution < 1.29 is 19.5 Å². The normalized spacial score (nSPS) is 15.2. The Bertz CT molecular complexity index is 2170. The van der Waals surface area contributed by atoms with Gasteiger partial charge in [-0.1, -0.05) is 12.1 Å². The highest BCUT2D eigenvalue weighted by molar-refractivity contribution is 9.10. The molecule has 0 saturated carbocycles. The molecule has 0 amide bonds. The number of rotatable bonds is 2. The zero-order valence-electron chi connectivity index (χ0n) is 31.2. The van der Waals surface area contributed by atoms with E-state index in [1.807, 2.05) is 49.2 Å². The molecular weight excluding hydrogens is 727 g/mol. The molecule has 5 heterocycles. The van der Waals surface area contributed by atoms with Crippen LogP contribution in [0.2, 0.25) is 0 Å². The fourth-order valence-electron chi connectivity index (χ4n) is 5.28. The third-order valence-corrected chi connectivity index (χ3v) is 9.33. The van der Waals surface area contributed by atoms with E-state index >= 15 is 0 Å². The summed E-state index contributed by atoms with van der Waals surface area (Å²) in [5.74, 6) is 1.31. The van der Waals surface area contributed by atoms with Crippen molar-refractivity contribution in [3.63, 3.8) is 0 Å². The molecule has 1 aliphatic rings. The summed E-state index contributed by atoms with van der Waals surface area (Å²) in [7, 11) is -0.356. The molecule has 0 aliphatic carbocycles. The van der Waals surface area contributed by atoms with E-state index in [1.165, 1.54) is 12.7 Å². The van der Waals surface area contributed by atoms with Gasteiger partial charge in [-0.3, -0.25) is 0 Å². The second-order valence-corrected chi connectivity index (χ2v) is 16.2. The molecule has 0 spiro atoms. The van der Waals surface area contributed by atoms with Crippen molar-refractivity contribution in [2.24, 2.45) is 0 Å². The van der Waals surface area contributed by atoms with E-state index in [0.717, 1.165) is 33.1 Å². The lowest BCUT2D eigenvalue weighted by atomic mass is 9.79. The van der Waals surface area contributed by atoms with Crippen LogP contribution in [0.3, 0.4) is 0 Å². The molecule has 4 aromatic heterocycles. The van der Waals surface area contributed by atoms with Gasteiger partial charge in [0.25, 0.3) is 0 Å². The van der Waals surface area contributed by atoms with Crippen molar-refractivity contribution in [1.82, 2.24) is 39.5 Å². The smallest absolute Gasteiger partial charge is 0.494 e. The van der Waals surface area contributed by atoms with Crippen LogP contribution in [0.5, 0.6) is 11.5 Å². The monoisotopic (exact) mass is 772 g/mol. The van der Waals surface area contributed by atoms with Gasteiger partial charge in [-0.25, -0.2) is 29.3 Å². The number of nitrogens with two attached hydrogens (primary N) is 2. The summed E-state index contributed by atoms with van der Waals surface area (Å²) >= 11 is 3.37. The van der Waals surface area contributed by atoms with Gasteiger partial charge in [0.2, 0.25) is 0 Å². The van der Waals surface area contributed by atoms with Gasteiger partial charge in [0.05, 0.1) is 33.1 Å². The highest BCUT2D eigenvalue weighted by Crippen LogP contribution is 2.37. The molecule has 1 fully saturated rings. The summed E-state index contributed by atoms with van der Waals surface area (Å²) in [6.45, 7) is 20.4. The molecule has 1 saturated heterocycles. The molecule has 274 valence electrons. The number of hydrogen-bond donors (Lipinski definition) is 4. The SMILES string of the molecule is CC(C)(C)n1nc(-c2ccc(O)cc2)c2c(N)ncnc21.CC(C)(C)n1nc(Br)c2c(N)ncnc21.CC1(C)OB(c2ccc(O)cc2)OC1(C)C. The van der Waals surface area contributed by atoms with E-state index in [9.17, 15) is 10.2 Å². The zero-order chi connectivity index (χ0) is 38.4. The van der Waals surface area contributed by atoms with Gasteiger partial charge in [0.15, 0.2) is 11.3 Å². The number of phenols is 2. The van der Waals surface area contributed by atoms with Crippen molar-refractivity contribution >= 4 is 62.2 Å². The van der Waals surface area contributed by atoms with Gasteiger partial charge in [-0.15, -0.1) is 0 Å². The third-order valence-electron chi connectivity index (χ3n) is 8.78. The maximum atomic E-state index is 9.43. The number of hydrogen-bond acceptors (Lipinski definition) is 12. The van der Waals surface area contributed by atoms with E-state index in [0.29, 0.717) is 21.9 Å². The maximum Gasteiger partial charge on any atom is 0.494 e. The molecule has 6 aromatic rings. The standard InChI is InChI=1S/C15H17N5O.C12H17BO3.C9H12BrN5/c1-15(2,3)20-14-11(13(16)17-8-18-14)12(19-20)9-4-6-10(21)7-5-9;1-11(2)12(3,4)16-13(15-11)9-5-7-10(14)8-6-9;1-9(2,3)15-8-5(6(10)14-15)7(11)12-4-13-8/h4-8,21H,1-3H3,(H2,16,17,18);5-8,14H,1-4H3;4H,1-3H3,(H2,11,12,13). The van der Waals surface area contributed by atoms with Crippen LogP contribution < -0.4 is 16.9 Å². The predicted octanol–water partition coefficient (Wildman–Crippen LogP) is 6.15. The Morgan fingerprint density at radius 2 is 1.08 bits per heavy atom. The van der Waals surface area contributed by atoms with Crippen LogP contribution in [0.4, 0.5) is 11.6 Å². The van der Waals surface area contributed by atoms with Crippen LogP contribution in [0.1, 0.15) is 69.2 Å². The van der Waals surface area contributed by atoms with Crippen molar-refractivity contribution in [2.75, 3.05) is 11.5 Å². The van der Waals surface area contributed by atoms with E-state index in [2.05, 4.69) is 87.6 Å². The number of fused-ring (bicyclic) bond motifs is 2. The minimum atomic E-state index is -0.356. The molecule has 14 nitrogen and oxygen atoms in total. The van der Waals surface area contributed by atoms with E-state index in [4.69, 9.17) is 20.8 Å². The van der Waals surface area contributed by atoms with Crippen LogP contribution in [0, 0.1) is 0 Å². The van der Waals surface area contributed by atoms with Gasteiger partial charge in [-0.2, -0.15) is 10.2 Å². The molecule has 16 heteroatoms. The number of halogens is 1. The van der Waals surface area contributed by atoms with Crippen LogP contribution in [-0.4, -0.2) is 68.0 Å². The first-order chi connectivity index (χ1) is 24.1. The summed E-state index contributed by atoms with van der Waals surface area (Å²) in [5.41, 5.74) is 14.8. The van der Waals surface area contributed by atoms with Gasteiger partial charge < -0.3 is 31.0 Å². The Morgan fingerprint density at radius 3 is 1.56 bits per heavy atom. The predicted molar refractivity (Wildman–Crippen MR) is 208 cm³/mol. The first-order valence-corrected chi connectivity index (χ1v) is 17.5. The molecule has 0 unspecified atom stereocenters. The maximum absolute atomic E-state index is 9.43. The van der Waals surface area contributed by atoms with Crippen LogP contribution in [0.25, 0.3) is 33.3 Å². The molecule has 0 atom stereocenters. The van der Waals surface area contributed by atoms with Crippen LogP contribution >= 0.6 is 15.9 Å². The average molecular weight is 774 g/mol. The second kappa shape index (κ2) is 14.0. The van der Waals surface area contributed by atoms with Gasteiger partial charge in [0.1, 0.15) is 46.1 Å². The lowest BCUT2D eigenvalue weighted by molar-refractivity contribution is 0.00578. The van der Waals surface area contributed by atoms with Gasteiger partial charge in [-0.05, 0) is 127 Å². The molecule has 2 aromatic carbocycles. The summed E-state index contributed by atoms with van der Waals surface area (Å²) in [6.07, 6.45) is 2.90. The number of benzene rings is 2. The Hall–Kier alpha value is -4.80. The van der Waals surface area contributed by atoms with E-state index in [1.54, 1.807) is 36.4 Å². The Kier molecular flexibility index (Phi) is 10.3. The summed E-state index contributed by atoms with van der Waals surface area (Å²) in [4.78, 5) is 16.6. The number of aromatic nitrogens is 8. The van der Waals surface area contributed by atoms with Crippen LogP contribution in [0.15, 0.2) is 65.8 Å². The summed E-state index contributed by atoms with van der Waals surface area (Å²) < 4.78 is 16.1. The Labute approximate surface area is 311 Å². The minimum Gasteiger partial charge on any atom is -0.508 e. The van der Waals surface area contributed by atoms with Crippen molar-refractivity contribution in [3.05, 3.63) is 65.8 Å². The number of phenolic OH excluding ortho intramolecular Hbond substituents is 2. The molecule has 6 N–H and O–H groups in total. The van der Waals surface area contributed by atoms with Gasteiger partial charge >= 0.3 is 7.12 Å². The summed E-state index contributed by atoms with van der Waals surface area (Å²) in [6, 6.07) is 13.8. The fourth-order valence-corrected chi connectivity index (χ4v) is 5.81. The summed E-state index contributed by atoms with van der Waals surface area (Å²) in [5, 5.41) is 29.2. The van der Waals surface area contributed by atoms with Crippen molar-refractivity contribution in [1.29, 1.82) is 0 Å². The van der Waals surface area contributed by atoms with E-state index in [-0.39, 0.29) is 40.9 Å². The van der Waals surface area contributed by atoms with Crippen molar-refractivity contribution in [2.45, 2.75) is 91.5 Å². The first-order valence-electron chi connectivity index (χ1n) is 16.7. The second-order valence-electron chi connectivity index (χ2n) is 15.4. The molecular formula is C36H46BBrN10O4. The average Bonchev–Trinajstić information content (AvgIpc) is 3.68. The third kappa shape index (κ3) is 7.83. The number of aromatic hydroxyl groups is 2. The lowest BCUT2D eigenvalue weighted by Gasteiger charge is -2.32. The molecule has 7 rings (SSSR count). The fraction of sp³-hybridized carbons (Fsp3) is 0.389. The number of nitrogen functional groups attached to an aromatic ring is 2. The molecule has 1 aliphatic heterocycles. The molecule has 0 bridgehead atoms. The molecule has 0 radical (unpaired) electrons. The number of anilines is 2. The highest BCUT2D eigenvalue weighted by atomic mass is 79.9. The topological polar surface area (TPSA) is 198 Å². The van der Waals surface area contributed by atoms with Gasteiger partial charge in [0, 0.05) is 5.56 Å². The minimum absolute atomic E-state index is 0.134. The zero-order valence-corrected chi connectivity index (χ0v) is 32.8. The largest absolute Gasteiger partial charge is 0.508 e. The van der Waals surface area contributed by atoms with Crippen molar-refractivity contribution in [3.8, 4) is 22.8 Å². The lowest BCUT2D eigenvalue weighted by Crippen LogP contribution is -2.41. The first kappa shape index (κ1) is 38.4. The molecule has 52 heavy (non-hydrogen) atoms. The van der Waals surface area contributed by atoms with Crippen LogP contribution in [-0.2, 0) is 20.4 Å². The quantitative estimate of drug-likeness (QED) is 0.147. The number of nitrogens with zero attached hydrogens (tertiary/aromatic N) is 8.